The van der Waals surface area contributed by atoms with Crippen LogP contribution in [-0.4, -0.2) is 33.6 Å². The Morgan fingerprint density at radius 2 is 1.69 bits per heavy atom. The van der Waals surface area contributed by atoms with Crippen LogP contribution in [0.25, 0.3) is 21.8 Å². The average molecular weight is 465 g/mol. The summed E-state index contributed by atoms with van der Waals surface area (Å²) >= 11 is 0. The summed E-state index contributed by atoms with van der Waals surface area (Å²) in [6.07, 6.45) is 5.72. The maximum atomic E-state index is 12.3. The van der Waals surface area contributed by atoms with Crippen LogP contribution >= 0.6 is 0 Å². The zero-order valence-corrected chi connectivity index (χ0v) is 19.6. The molecule has 1 amide bonds. The lowest BCUT2D eigenvalue weighted by molar-refractivity contribution is 0.0953. The minimum absolute atomic E-state index is 0.0773. The average Bonchev–Trinajstić information content (AvgIpc) is 3.26. The van der Waals surface area contributed by atoms with Crippen molar-refractivity contribution in [2.45, 2.75) is 25.8 Å². The Morgan fingerprint density at radius 3 is 2.60 bits per heavy atom. The molecule has 3 aromatic carbocycles. The fourth-order valence-corrected chi connectivity index (χ4v) is 4.35. The highest BCUT2D eigenvalue weighted by Gasteiger charge is 2.11. The minimum Gasteiger partial charge on any atom is -0.493 e. The van der Waals surface area contributed by atoms with E-state index in [0.717, 1.165) is 53.8 Å². The Balaban J connectivity index is 1.19. The van der Waals surface area contributed by atoms with Crippen molar-refractivity contribution in [2.75, 3.05) is 13.2 Å². The predicted octanol–water partition coefficient (Wildman–Crippen LogP) is 5.42. The SMILES string of the molecule is O=C(NCCCc1nc2ccccc2n1CCCOc1cccc2ccccc12)c1ccncc1. The summed E-state index contributed by atoms with van der Waals surface area (Å²) in [5.41, 5.74) is 2.75. The van der Waals surface area contributed by atoms with E-state index in [2.05, 4.69) is 39.1 Å². The van der Waals surface area contributed by atoms with E-state index >= 15 is 0 Å². The van der Waals surface area contributed by atoms with Gasteiger partial charge in [-0.1, -0.05) is 48.5 Å². The minimum atomic E-state index is -0.0773. The normalized spacial score (nSPS) is 11.1. The van der Waals surface area contributed by atoms with E-state index in [4.69, 9.17) is 9.72 Å². The number of aryl methyl sites for hydroxylation is 2. The van der Waals surface area contributed by atoms with Crippen molar-refractivity contribution in [3.63, 3.8) is 0 Å². The summed E-state index contributed by atoms with van der Waals surface area (Å²) in [6.45, 7) is 2.04. The van der Waals surface area contributed by atoms with Gasteiger partial charge < -0.3 is 14.6 Å². The van der Waals surface area contributed by atoms with Crippen molar-refractivity contribution in [1.82, 2.24) is 19.9 Å². The Kier molecular flexibility index (Phi) is 6.99. The number of hydrogen-bond donors (Lipinski definition) is 1. The molecule has 0 aliphatic carbocycles. The van der Waals surface area contributed by atoms with Crippen LogP contribution < -0.4 is 10.1 Å². The van der Waals surface area contributed by atoms with Crippen molar-refractivity contribution in [3.05, 3.63) is 103 Å². The van der Waals surface area contributed by atoms with Crippen LogP contribution in [-0.2, 0) is 13.0 Å². The highest BCUT2D eigenvalue weighted by molar-refractivity contribution is 5.93. The highest BCUT2D eigenvalue weighted by atomic mass is 16.5. The van der Waals surface area contributed by atoms with E-state index in [9.17, 15) is 4.79 Å². The molecule has 5 aromatic rings. The molecule has 6 nitrogen and oxygen atoms in total. The van der Waals surface area contributed by atoms with Gasteiger partial charge in [0.1, 0.15) is 11.6 Å². The molecule has 0 saturated carbocycles. The molecule has 0 unspecified atom stereocenters. The lowest BCUT2D eigenvalue weighted by Gasteiger charge is -2.12. The molecule has 5 rings (SSSR count). The quantitative estimate of drug-likeness (QED) is 0.280. The van der Waals surface area contributed by atoms with Crippen LogP contribution in [0.2, 0.25) is 0 Å². The summed E-state index contributed by atoms with van der Waals surface area (Å²) in [4.78, 5) is 21.1. The molecule has 0 spiro atoms. The number of hydrogen-bond acceptors (Lipinski definition) is 4. The van der Waals surface area contributed by atoms with E-state index < -0.39 is 0 Å². The van der Waals surface area contributed by atoms with Crippen molar-refractivity contribution in [1.29, 1.82) is 0 Å². The van der Waals surface area contributed by atoms with Gasteiger partial charge in [0.15, 0.2) is 0 Å². The number of carbonyl (C=O) groups is 1. The fraction of sp³-hybridized carbons (Fsp3) is 0.207. The number of imidazole rings is 1. The Labute approximate surface area is 204 Å². The maximum absolute atomic E-state index is 12.3. The third-order valence-corrected chi connectivity index (χ3v) is 6.07. The molecule has 0 atom stereocenters. The molecule has 35 heavy (non-hydrogen) atoms. The van der Waals surface area contributed by atoms with Crippen molar-refractivity contribution in [3.8, 4) is 5.75 Å². The Hall–Kier alpha value is -4.19. The van der Waals surface area contributed by atoms with Crippen LogP contribution in [0, 0.1) is 0 Å². The number of amides is 1. The number of benzene rings is 3. The van der Waals surface area contributed by atoms with E-state index in [0.29, 0.717) is 18.7 Å². The molecule has 0 aliphatic rings. The second-order valence-electron chi connectivity index (χ2n) is 8.44. The second kappa shape index (κ2) is 10.8. The standard InChI is InChI=1S/C29H28N4O2/c34-29(23-15-18-30-19-16-23)31-17-6-14-28-32-25-11-3-4-12-26(25)33(28)20-7-21-35-27-13-5-9-22-8-1-2-10-24(22)27/h1-5,8-13,15-16,18-19H,6-7,14,17,20-21H2,(H,31,34). The summed E-state index contributed by atoms with van der Waals surface area (Å²) in [7, 11) is 0. The van der Waals surface area contributed by atoms with Crippen LogP contribution in [0.1, 0.15) is 29.0 Å². The molecule has 2 aromatic heterocycles. The first-order valence-corrected chi connectivity index (χ1v) is 12.0. The first-order valence-electron chi connectivity index (χ1n) is 12.0. The number of rotatable bonds is 10. The molecular formula is C29H28N4O2. The second-order valence-corrected chi connectivity index (χ2v) is 8.44. The number of pyridine rings is 1. The number of fused-ring (bicyclic) bond motifs is 2. The smallest absolute Gasteiger partial charge is 0.251 e. The summed E-state index contributed by atoms with van der Waals surface area (Å²) in [5, 5.41) is 5.30. The van der Waals surface area contributed by atoms with Crippen LogP contribution in [0.3, 0.4) is 0 Å². The zero-order chi connectivity index (χ0) is 23.9. The number of aromatic nitrogens is 3. The van der Waals surface area contributed by atoms with Gasteiger partial charge in [0.25, 0.3) is 5.91 Å². The zero-order valence-electron chi connectivity index (χ0n) is 19.6. The van der Waals surface area contributed by atoms with Crippen molar-refractivity contribution in [2.24, 2.45) is 0 Å². The molecule has 0 fully saturated rings. The predicted molar refractivity (Wildman–Crippen MR) is 139 cm³/mol. The monoisotopic (exact) mass is 464 g/mol. The summed E-state index contributed by atoms with van der Waals surface area (Å²) in [6, 6.07) is 26.1. The van der Waals surface area contributed by atoms with E-state index in [1.165, 1.54) is 5.39 Å². The number of para-hydroxylation sites is 2. The first-order chi connectivity index (χ1) is 17.3. The van der Waals surface area contributed by atoms with Gasteiger partial charge in [-0.15, -0.1) is 0 Å². The van der Waals surface area contributed by atoms with Gasteiger partial charge in [0, 0.05) is 42.9 Å². The molecule has 6 heteroatoms. The first kappa shape index (κ1) is 22.6. The van der Waals surface area contributed by atoms with Gasteiger partial charge >= 0.3 is 0 Å². The topological polar surface area (TPSA) is 69.0 Å². The van der Waals surface area contributed by atoms with Gasteiger partial charge in [0.05, 0.1) is 17.6 Å². The molecule has 1 N–H and O–H groups in total. The van der Waals surface area contributed by atoms with Gasteiger partial charge in [-0.2, -0.15) is 0 Å². The summed E-state index contributed by atoms with van der Waals surface area (Å²) in [5.74, 6) is 1.88. The summed E-state index contributed by atoms with van der Waals surface area (Å²) < 4.78 is 8.43. The molecule has 0 radical (unpaired) electrons. The van der Waals surface area contributed by atoms with Gasteiger partial charge in [-0.25, -0.2) is 4.98 Å². The van der Waals surface area contributed by atoms with E-state index in [1.54, 1.807) is 24.5 Å². The third-order valence-electron chi connectivity index (χ3n) is 6.07. The van der Waals surface area contributed by atoms with E-state index in [-0.39, 0.29) is 5.91 Å². The fourth-order valence-electron chi connectivity index (χ4n) is 4.35. The van der Waals surface area contributed by atoms with Gasteiger partial charge in [-0.05, 0) is 48.6 Å². The lowest BCUT2D eigenvalue weighted by Crippen LogP contribution is -2.25. The van der Waals surface area contributed by atoms with E-state index in [1.807, 2.05) is 42.5 Å². The molecule has 0 saturated heterocycles. The maximum Gasteiger partial charge on any atom is 0.251 e. The van der Waals surface area contributed by atoms with Crippen LogP contribution in [0.4, 0.5) is 0 Å². The highest BCUT2D eigenvalue weighted by Crippen LogP contribution is 2.25. The van der Waals surface area contributed by atoms with Gasteiger partial charge in [-0.3, -0.25) is 9.78 Å². The van der Waals surface area contributed by atoms with Crippen LogP contribution in [0.5, 0.6) is 5.75 Å². The number of ether oxygens (including phenoxy) is 1. The Bertz CT molecular complexity index is 1420. The van der Waals surface area contributed by atoms with Crippen LogP contribution in [0.15, 0.2) is 91.3 Å². The molecule has 0 aliphatic heterocycles. The third kappa shape index (κ3) is 5.32. The molecular weight excluding hydrogens is 436 g/mol. The molecule has 0 bridgehead atoms. The van der Waals surface area contributed by atoms with Crippen molar-refractivity contribution >= 4 is 27.7 Å². The van der Waals surface area contributed by atoms with Crippen molar-refractivity contribution < 1.29 is 9.53 Å². The molecule has 2 heterocycles. The number of nitrogens with one attached hydrogen (secondary N) is 1. The lowest BCUT2D eigenvalue weighted by atomic mass is 10.1. The Morgan fingerprint density at radius 1 is 0.886 bits per heavy atom. The van der Waals surface area contributed by atoms with Gasteiger partial charge in [0.2, 0.25) is 0 Å². The number of nitrogens with zero attached hydrogens (tertiary/aromatic N) is 3. The largest absolute Gasteiger partial charge is 0.493 e. The number of carbonyl (C=O) groups excluding carboxylic acids is 1. The molecule has 176 valence electrons.